The SMILES string of the molecule is CCC(C)(C)OC1CC(Oc2ccc(C#CC(C)(C)OCCOC(C)(C)C)nc2)C1. The Hall–Kier alpha value is -1.61. The first-order valence-electron chi connectivity index (χ1n) is 11.0. The van der Waals surface area contributed by atoms with Crippen LogP contribution in [0.3, 0.4) is 0 Å². The molecular weight excluding hydrogens is 378 g/mol. The molecule has 0 saturated heterocycles. The molecule has 168 valence electrons. The van der Waals surface area contributed by atoms with Crippen LogP contribution in [0.4, 0.5) is 0 Å². The van der Waals surface area contributed by atoms with Gasteiger partial charge < -0.3 is 18.9 Å². The van der Waals surface area contributed by atoms with Crippen molar-refractivity contribution in [2.24, 2.45) is 0 Å². The molecule has 1 aromatic heterocycles. The lowest BCUT2D eigenvalue weighted by Crippen LogP contribution is -2.43. The lowest BCUT2D eigenvalue weighted by atomic mass is 9.90. The zero-order chi connectivity index (χ0) is 22.4. The fourth-order valence-electron chi connectivity index (χ4n) is 2.86. The van der Waals surface area contributed by atoms with Crippen molar-refractivity contribution in [3.05, 3.63) is 24.0 Å². The quantitative estimate of drug-likeness (QED) is 0.410. The Morgan fingerprint density at radius 1 is 0.967 bits per heavy atom. The molecule has 5 heteroatoms. The van der Waals surface area contributed by atoms with Gasteiger partial charge in [0.25, 0.3) is 0 Å². The van der Waals surface area contributed by atoms with E-state index in [1.165, 1.54) is 0 Å². The van der Waals surface area contributed by atoms with Crippen molar-refractivity contribution in [3.8, 4) is 17.6 Å². The lowest BCUT2D eigenvalue weighted by Gasteiger charge is -2.40. The highest BCUT2D eigenvalue weighted by molar-refractivity contribution is 5.33. The van der Waals surface area contributed by atoms with Gasteiger partial charge in [0, 0.05) is 12.8 Å². The molecule has 0 N–H and O–H groups in total. The first-order chi connectivity index (χ1) is 13.9. The van der Waals surface area contributed by atoms with Gasteiger partial charge >= 0.3 is 0 Å². The molecule has 0 atom stereocenters. The van der Waals surface area contributed by atoms with Crippen molar-refractivity contribution >= 4 is 0 Å². The largest absolute Gasteiger partial charge is 0.489 e. The Morgan fingerprint density at radius 3 is 2.20 bits per heavy atom. The molecule has 0 aromatic carbocycles. The van der Waals surface area contributed by atoms with E-state index >= 15 is 0 Å². The predicted molar refractivity (Wildman–Crippen MR) is 120 cm³/mol. The second kappa shape index (κ2) is 10.1. The van der Waals surface area contributed by atoms with Crippen molar-refractivity contribution < 1.29 is 18.9 Å². The molecule has 0 amide bonds. The Morgan fingerprint density at radius 2 is 1.63 bits per heavy atom. The third-order valence-corrected chi connectivity index (χ3v) is 5.00. The summed E-state index contributed by atoms with van der Waals surface area (Å²) < 4.78 is 23.6. The third-order valence-electron chi connectivity index (χ3n) is 5.00. The summed E-state index contributed by atoms with van der Waals surface area (Å²) in [5, 5.41) is 0. The predicted octanol–water partition coefficient (Wildman–Crippen LogP) is 5.16. The molecule has 1 aromatic rings. The number of rotatable bonds is 9. The zero-order valence-electron chi connectivity index (χ0n) is 20.0. The molecule has 1 fully saturated rings. The second-order valence-electron chi connectivity index (χ2n) is 10.0. The molecule has 0 aliphatic heterocycles. The Labute approximate surface area is 182 Å². The van der Waals surface area contributed by atoms with Crippen LogP contribution >= 0.6 is 0 Å². The molecule has 1 aliphatic carbocycles. The number of hydrogen-bond acceptors (Lipinski definition) is 5. The van der Waals surface area contributed by atoms with Crippen LogP contribution in [0.5, 0.6) is 5.75 Å². The zero-order valence-corrected chi connectivity index (χ0v) is 20.0. The van der Waals surface area contributed by atoms with Crippen LogP contribution in [0.1, 0.15) is 80.3 Å². The minimum absolute atomic E-state index is 0.0609. The Kier molecular flexibility index (Phi) is 8.33. The fourth-order valence-corrected chi connectivity index (χ4v) is 2.86. The first kappa shape index (κ1) is 24.7. The average Bonchev–Trinajstić information content (AvgIpc) is 2.62. The van der Waals surface area contributed by atoms with Gasteiger partial charge in [-0.15, -0.1) is 0 Å². The lowest BCUT2D eigenvalue weighted by molar-refractivity contribution is -0.135. The molecule has 1 aliphatic rings. The average molecular weight is 418 g/mol. The summed E-state index contributed by atoms with van der Waals surface area (Å²) in [4.78, 5) is 4.40. The summed E-state index contributed by atoms with van der Waals surface area (Å²) in [5.41, 5.74) is -0.0868. The maximum Gasteiger partial charge on any atom is 0.138 e. The van der Waals surface area contributed by atoms with Gasteiger partial charge in [-0.25, -0.2) is 4.98 Å². The van der Waals surface area contributed by atoms with Gasteiger partial charge in [-0.05, 0) is 72.9 Å². The minimum atomic E-state index is -0.564. The summed E-state index contributed by atoms with van der Waals surface area (Å²) in [6, 6.07) is 3.81. The van der Waals surface area contributed by atoms with Gasteiger partial charge in [0.15, 0.2) is 0 Å². The van der Waals surface area contributed by atoms with E-state index in [1.54, 1.807) is 6.20 Å². The van der Waals surface area contributed by atoms with E-state index in [2.05, 4.69) is 37.6 Å². The number of pyridine rings is 1. The second-order valence-corrected chi connectivity index (χ2v) is 10.0. The maximum atomic E-state index is 6.09. The summed E-state index contributed by atoms with van der Waals surface area (Å²) in [6.07, 6.45) is 5.08. The van der Waals surface area contributed by atoms with Crippen molar-refractivity contribution in [2.75, 3.05) is 13.2 Å². The van der Waals surface area contributed by atoms with E-state index in [-0.39, 0.29) is 17.3 Å². The van der Waals surface area contributed by atoms with Gasteiger partial charge in [-0.3, -0.25) is 0 Å². The summed E-state index contributed by atoms with van der Waals surface area (Å²) in [6.45, 7) is 17.4. The Balaban J connectivity index is 1.76. The highest BCUT2D eigenvalue weighted by atomic mass is 16.5. The summed E-state index contributed by atoms with van der Waals surface area (Å²) in [7, 11) is 0. The van der Waals surface area contributed by atoms with E-state index < -0.39 is 5.60 Å². The smallest absolute Gasteiger partial charge is 0.138 e. The van der Waals surface area contributed by atoms with Crippen LogP contribution in [-0.2, 0) is 14.2 Å². The molecule has 1 saturated carbocycles. The highest BCUT2D eigenvalue weighted by Crippen LogP contribution is 2.32. The van der Waals surface area contributed by atoms with Crippen LogP contribution < -0.4 is 4.74 Å². The summed E-state index contributed by atoms with van der Waals surface area (Å²) >= 11 is 0. The topological polar surface area (TPSA) is 49.8 Å². The van der Waals surface area contributed by atoms with Crippen LogP contribution in [0.2, 0.25) is 0 Å². The van der Waals surface area contributed by atoms with E-state index in [0.717, 1.165) is 25.0 Å². The van der Waals surface area contributed by atoms with Crippen molar-refractivity contribution in [3.63, 3.8) is 0 Å². The molecule has 0 unspecified atom stereocenters. The molecule has 30 heavy (non-hydrogen) atoms. The van der Waals surface area contributed by atoms with E-state index in [4.69, 9.17) is 18.9 Å². The van der Waals surface area contributed by atoms with Gasteiger partial charge in [-0.1, -0.05) is 12.8 Å². The molecule has 0 bridgehead atoms. The van der Waals surface area contributed by atoms with E-state index in [1.807, 2.05) is 46.8 Å². The molecule has 0 spiro atoms. The highest BCUT2D eigenvalue weighted by Gasteiger charge is 2.35. The van der Waals surface area contributed by atoms with Gasteiger partial charge in [0.2, 0.25) is 0 Å². The Bertz CT molecular complexity index is 716. The van der Waals surface area contributed by atoms with Gasteiger partial charge in [0.05, 0.1) is 36.7 Å². The molecule has 0 radical (unpaired) electrons. The fraction of sp³-hybridized carbons (Fsp3) is 0.720. The normalized spacial score (nSPS) is 19.6. The van der Waals surface area contributed by atoms with Gasteiger partial charge in [-0.2, -0.15) is 0 Å². The van der Waals surface area contributed by atoms with Crippen molar-refractivity contribution in [2.45, 2.75) is 104 Å². The number of hydrogen-bond donors (Lipinski definition) is 0. The van der Waals surface area contributed by atoms with Crippen molar-refractivity contribution in [1.82, 2.24) is 4.98 Å². The number of nitrogens with zero attached hydrogens (tertiary/aromatic N) is 1. The monoisotopic (exact) mass is 417 g/mol. The number of aromatic nitrogens is 1. The molecule has 5 nitrogen and oxygen atoms in total. The van der Waals surface area contributed by atoms with Crippen LogP contribution in [0.15, 0.2) is 18.3 Å². The van der Waals surface area contributed by atoms with E-state index in [0.29, 0.717) is 25.0 Å². The van der Waals surface area contributed by atoms with Crippen LogP contribution in [0.25, 0.3) is 0 Å². The van der Waals surface area contributed by atoms with Crippen LogP contribution in [-0.4, -0.2) is 47.2 Å². The number of ether oxygens (including phenoxy) is 4. The first-order valence-corrected chi connectivity index (χ1v) is 11.0. The van der Waals surface area contributed by atoms with E-state index in [9.17, 15) is 0 Å². The van der Waals surface area contributed by atoms with Crippen molar-refractivity contribution in [1.29, 1.82) is 0 Å². The van der Waals surface area contributed by atoms with Gasteiger partial charge in [0.1, 0.15) is 23.1 Å². The molecular formula is C25H39NO4. The summed E-state index contributed by atoms with van der Waals surface area (Å²) in [5.74, 6) is 7.00. The maximum absolute atomic E-state index is 6.09. The standard InChI is InChI=1S/C25H39NO4/c1-9-24(5,6)30-22-16-21(17-22)29-20-11-10-19(26-18-20)12-13-25(7,8)28-15-14-27-23(2,3)4/h10-11,18,21-22H,9,14-17H2,1-8H3. The minimum Gasteiger partial charge on any atom is -0.489 e. The molecule has 2 rings (SSSR count). The molecule has 1 heterocycles. The third kappa shape index (κ3) is 9.04. The van der Waals surface area contributed by atoms with Crippen LogP contribution in [0, 0.1) is 11.8 Å².